The topological polar surface area (TPSA) is 37.3 Å². The lowest BCUT2D eigenvalue weighted by Crippen LogP contribution is -2.03. The van der Waals surface area contributed by atoms with Crippen LogP contribution in [0.5, 0.6) is 0 Å². The van der Waals surface area contributed by atoms with E-state index in [0.717, 1.165) is 37.7 Å². The summed E-state index contributed by atoms with van der Waals surface area (Å²) in [6.07, 6.45) is 5.24. The van der Waals surface area contributed by atoms with Gasteiger partial charge >= 0.3 is 5.97 Å². The van der Waals surface area contributed by atoms with Gasteiger partial charge in [-0.05, 0) is 36.5 Å². The molecule has 0 aliphatic rings. The molecule has 0 aliphatic heterocycles. The molecule has 0 spiro atoms. The fourth-order valence-corrected chi connectivity index (χ4v) is 1.85. The Hall–Kier alpha value is -1.31. The van der Waals surface area contributed by atoms with Gasteiger partial charge in [-0.1, -0.05) is 38.8 Å². The molecule has 0 unspecified atom stereocenters. The minimum atomic E-state index is -0.811. The van der Waals surface area contributed by atoms with Crippen LogP contribution < -0.4 is 0 Å². The lowest BCUT2D eigenvalue weighted by molar-refractivity contribution is 0.0695. The molecule has 0 aliphatic carbocycles. The summed E-state index contributed by atoms with van der Waals surface area (Å²) in [5, 5.41) is 9.09. The number of unbranched alkanes of at least 4 members (excludes halogenated alkanes) is 2. The van der Waals surface area contributed by atoms with Crippen LogP contribution in [-0.2, 0) is 12.8 Å². The number of hydrogen-bond donors (Lipinski definition) is 1. The van der Waals surface area contributed by atoms with E-state index in [1.54, 1.807) is 6.07 Å². The van der Waals surface area contributed by atoms with E-state index in [4.69, 9.17) is 5.11 Å². The Labute approximate surface area is 97.3 Å². The van der Waals surface area contributed by atoms with Gasteiger partial charge in [0, 0.05) is 0 Å². The minimum Gasteiger partial charge on any atom is -0.478 e. The number of aromatic carboxylic acids is 1. The van der Waals surface area contributed by atoms with Crippen molar-refractivity contribution in [3.8, 4) is 0 Å². The standard InChI is InChI=1S/C14H20O2/c1-3-5-6-7-12-10-11(4-2)8-9-13(12)14(15)16/h8-10H,3-7H2,1-2H3,(H,15,16). The van der Waals surface area contributed by atoms with Gasteiger partial charge in [-0.25, -0.2) is 4.79 Å². The van der Waals surface area contributed by atoms with Crippen LogP contribution in [0.4, 0.5) is 0 Å². The fourth-order valence-electron chi connectivity index (χ4n) is 1.85. The third-order valence-electron chi connectivity index (χ3n) is 2.86. The molecule has 0 radical (unpaired) electrons. The molecular formula is C14H20O2. The van der Waals surface area contributed by atoms with Crippen LogP contribution in [0.1, 0.15) is 54.6 Å². The van der Waals surface area contributed by atoms with Crippen molar-refractivity contribution >= 4 is 5.97 Å². The second-order valence-electron chi connectivity index (χ2n) is 4.11. The molecule has 2 nitrogen and oxygen atoms in total. The van der Waals surface area contributed by atoms with Crippen molar-refractivity contribution in [1.29, 1.82) is 0 Å². The van der Waals surface area contributed by atoms with Crippen LogP contribution >= 0.6 is 0 Å². The Balaban J connectivity index is 2.87. The Morgan fingerprint density at radius 2 is 2.00 bits per heavy atom. The van der Waals surface area contributed by atoms with Gasteiger partial charge in [0.25, 0.3) is 0 Å². The van der Waals surface area contributed by atoms with Crippen molar-refractivity contribution in [2.45, 2.75) is 46.0 Å². The molecule has 1 rings (SSSR count). The highest BCUT2D eigenvalue weighted by molar-refractivity contribution is 5.89. The molecule has 0 heterocycles. The van der Waals surface area contributed by atoms with Crippen LogP contribution in [0.15, 0.2) is 18.2 Å². The molecule has 16 heavy (non-hydrogen) atoms. The number of carbonyl (C=O) groups is 1. The van der Waals surface area contributed by atoms with E-state index >= 15 is 0 Å². The van der Waals surface area contributed by atoms with Crippen molar-refractivity contribution in [2.75, 3.05) is 0 Å². The van der Waals surface area contributed by atoms with Crippen LogP contribution in [0.25, 0.3) is 0 Å². The normalized spacial score (nSPS) is 10.4. The van der Waals surface area contributed by atoms with Gasteiger partial charge in [0.15, 0.2) is 0 Å². The zero-order chi connectivity index (χ0) is 12.0. The summed E-state index contributed by atoms with van der Waals surface area (Å²) in [6.45, 7) is 4.24. The van der Waals surface area contributed by atoms with Crippen molar-refractivity contribution in [2.24, 2.45) is 0 Å². The number of carboxylic acids is 1. The summed E-state index contributed by atoms with van der Waals surface area (Å²) in [7, 11) is 0. The van der Waals surface area contributed by atoms with Crippen molar-refractivity contribution in [3.63, 3.8) is 0 Å². The van der Waals surface area contributed by atoms with E-state index in [9.17, 15) is 4.79 Å². The molecule has 88 valence electrons. The summed E-state index contributed by atoms with van der Waals surface area (Å²) < 4.78 is 0. The zero-order valence-electron chi connectivity index (χ0n) is 10.1. The van der Waals surface area contributed by atoms with Gasteiger partial charge in [0.2, 0.25) is 0 Å². The first-order valence-corrected chi connectivity index (χ1v) is 6.04. The third-order valence-corrected chi connectivity index (χ3v) is 2.86. The molecule has 2 heteroatoms. The molecule has 0 fully saturated rings. The summed E-state index contributed by atoms with van der Waals surface area (Å²) in [4.78, 5) is 11.1. The first-order valence-electron chi connectivity index (χ1n) is 6.04. The second-order valence-corrected chi connectivity index (χ2v) is 4.11. The summed E-state index contributed by atoms with van der Waals surface area (Å²) in [5.74, 6) is -0.811. The number of benzene rings is 1. The predicted octanol–water partition coefficient (Wildman–Crippen LogP) is 3.68. The van der Waals surface area contributed by atoms with Gasteiger partial charge in [-0.2, -0.15) is 0 Å². The molecule has 0 aromatic heterocycles. The van der Waals surface area contributed by atoms with Gasteiger partial charge in [0.05, 0.1) is 5.56 Å². The number of aryl methyl sites for hydroxylation is 2. The van der Waals surface area contributed by atoms with Crippen LogP contribution in [0.2, 0.25) is 0 Å². The zero-order valence-corrected chi connectivity index (χ0v) is 10.1. The molecule has 0 bridgehead atoms. The molecule has 0 amide bonds. The minimum absolute atomic E-state index is 0.466. The van der Waals surface area contributed by atoms with Gasteiger partial charge in [0.1, 0.15) is 0 Å². The van der Waals surface area contributed by atoms with E-state index in [0.29, 0.717) is 5.56 Å². The summed E-state index contributed by atoms with van der Waals surface area (Å²) in [6, 6.07) is 5.69. The van der Waals surface area contributed by atoms with Crippen molar-refractivity contribution in [3.05, 3.63) is 34.9 Å². The first kappa shape index (κ1) is 12.8. The van der Waals surface area contributed by atoms with E-state index < -0.39 is 5.97 Å². The maximum Gasteiger partial charge on any atom is 0.335 e. The van der Waals surface area contributed by atoms with Gasteiger partial charge in [-0.15, -0.1) is 0 Å². The van der Waals surface area contributed by atoms with Gasteiger partial charge < -0.3 is 5.11 Å². The molecule has 0 saturated heterocycles. The lowest BCUT2D eigenvalue weighted by Gasteiger charge is -2.08. The predicted molar refractivity (Wildman–Crippen MR) is 66.0 cm³/mol. The Morgan fingerprint density at radius 3 is 2.56 bits per heavy atom. The van der Waals surface area contributed by atoms with E-state index in [-0.39, 0.29) is 0 Å². The monoisotopic (exact) mass is 220 g/mol. The van der Waals surface area contributed by atoms with Crippen molar-refractivity contribution in [1.82, 2.24) is 0 Å². The number of carboxylic acid groups (broad SMARTS) is 1. The Kier molecular flexibility index (Phi) is 5.03. The molecule has 0 atom stereocenters. The van der Waals surface area contributed by atoms with E-state index in [1.165, 1.54) is 5.56 Å². The van der Waals surface area contributed by atoms with Crippen LogP contribution in [0.3, 0.4) is 0 Å². The molecule has 1 aromatic rings. The van der Waals surface area contributed by atoms with Gasteiger partial charge in [-0.3, -0.25) is 0 Å². The largest absolute Gasteiger partial charge is 0.478 e. The van der Waals surface area contributed by atoms with Crippen LogP contribution in [0, 0.1) is 0 Å². The van der Waals surface area contributed by atoms with E-state index in [1.807, 2.05) is 12.1 Å². The number of rotatable bonds is 6. The Bertz CT molecular complexity index is 356. The highest BCUT2D eigenvalue weighted by Gasteiger charge is 2.09. The lowest BCUT2D eigenvalue weighted by atomic mass is 9.98. The summed E-state index contributed by atoms with van der Waals surface area (Å²) in [5.41, 5.74) is 2.67. The maximum atomic E-state index is 11.1. The smallest absolute Gasteiger partial charge is 0.335 e. The molecule has 0 saturated carbocycles. The quantitative estimate of drug-likeness (QED) is 0.742. The highest BCUT2D eigenvalue weighted by atomic mass is 16.4. The average molecular weight is 220 g/mol. The highest BCUT2D eigenvalue weighted by Crippen LogP contribution is 2.16. The Morgan fingerprint density at radius 1 is 1.25 bits per heavy atom. The average Bonchev–Trinajstić information content (AvgIpc) is 2.29. The maximum absolute atomic E-state index is 11.1. The first-order chi connectivity index (χ1) is 7.69. The molecule has 1 aromatic carbocycles. The molecular weight excluding hydrogens is 200 g/mol. The fraction of sp³-hybridized carbons (Fsp3) is 0.500. The van der Waals surface area contributed by atoms with E-state index in [2.05, 4.69) is 13.8 Å². The summed E-state index contributed by atoms with van der Waals surface area (Å²) >= 11 is 0. The van der Waals surface area contributed by atoms with Crippen molar-refractivity contribution < 1.29 is 9.90 Å². The third kappa shape index (κ3) is 3.37. The molecule has 1 N–H and O–H groups in total. The van der Waals surface area contributed by atoms with Crippen LogP contribution in [-0.4, -0.2) is 11.1 Å². The number of hydrogen-bond acceptors (Lipinski definition) is 1. The second kappa shape index (κ2) is 6.31. The SMILES string of the molecule is CCCCCc1cc(CC)ccc1C(=O)O.